The van der Waals surface area contributed by atoms with Gasteiger partial charge in [0.25, 0.3) is 0 Å². The standard InChI is InChI=1S/C17H16FN3O3S/c1-22-14-8-11(9-15-16(14)24-7-6-23-15)10-19-21-17(25)20-13-5-3-2-4-12(13)18/h2-5,8-10H,6-7H2,1H3,(H2,20,21,25)/b19-10-. The molecule has 0 radical (unpaired) electrons. The summed E-state index contributed by atoms with van der Waals surface area (Å²) >= 11 is 5.08. The molecule has 1 aliphatic heterocycles. The van der Waals surface area contributed by atoms with Gasteiger partial charge >= 0.3 is 0 Å². The molecule has 3 rings (SSSR count). The highest BCUT2D eigenvalue weighted by atomic mass is 32.1. The highest BCUT2D eigenvalue weighted by molar-refractivity contribution is 7.80. The maximum atomic E-state index is 13.6. The summed E-state index contributed by atoms with van der Waals surface area (Å²) in [5.41, 5.74) is 3.65. The zero-order valence-electron chi connectivity index (χ0n) is 13.4. The fourth-order valence-electron chi connectivity index (χ4n) is 2.25. The zero-order valence-corrected chi connectivity index (χ0v) is 14.2. The van der Waals surface area contributed by atoms with E-state index in [2.05, 4.69) is 15.8 Å². The smallest absolute Gasteiger partial charge is 0.203 e. The Morgan fingerprint density at radius 1 is 1.28 bits per heavy atom. The van der Waals surface area contributed by atoms with Gasteiger partial charge in [0.1, 0.15) is 19.0 Å². The second kappa shape index (κ2) is 7.80. The third-order valence-electron chi connectivity index (χ3n) is 3.35. The topological polar surface area (TPSA) is 64.1 Å². The monoisotopic (exact) mass is 361 g/mol. The minimum Gasteiger partial charge on any atom is -0.493 e. The first-order valence-electron chi connectivity index (χ1n) is 7.49. The van der Waals surface area contributed by atoms with Gasteiger partial charge in [0.05, 0.1) is 19.0 Å². The molecule has 0 aliphatic carbocycles. The highest BCUT2D eigenvalue weighted by Gasteiger charge is 2.17. The molecule has 130 valence electrons. The lowest BCUT2D eigenvalue weighted by Crippen LogP contribution is -2.24. The van der Waals surface area contributed by atoms with E-state index in [4.69, 9.17) is 26.4 Å². The number of methoxy groups -OCH3 is 1. The summed E-state index contributed by atoms with van der Waals surface area (Å²) in [6, 6.07) is 9.79. The number of halogens is 1. The first-order chi connectivity index (χ1) is 12.2. The van der Waals surface area contributed by atoms with Gasteiger partial charge in [0.2, 0.25) is 5.75 Å². The molecule has 8 heteroatoms. The second-order valence-electron chi connectivity index (χ2n) is 5.05. The summed E-state index contributed by atoms with van der Waals surface area (Å²) in [4.78, 5) is 0. The predicted octanol–water partition coefficient (Wildman–Crippen LogP) is 2.93. The van der Waals surface area contributed by atoms with E-state index in [0.717, 1.165) is 5.56 Å². The summed E-state index contributed by atoms with van der Waals surface area (Å²) in [5, 5.41) is 6.94. The molecule has 0 aromatic heterocycles. The SMILES string of the molecule is COc1cc(/C=N\NC(=S)Nc2ccccc2F)cc2c1OCCO2. The first kappa shape index (κ1) is 17.0. The summed E-state index contributed by atoms with van der Waals surface area (Å²) in [6.45, 7) is 0.958. The van der Waals surface area contributed by atoms with Crippen molar-refractivity contribution >= 4 is 29.2 Å². The van der Waals surface area contributed by atoms with E-state index >= 15 is 0 Å². The third kappa shape index (κ3) is 4.16. The van der Waals surface area contributed by atoms with Crippen LogP contribution in [0.25, 0.3) is 0 Å². The van der Waals surface area contributed by atoms with Crippen LogP contribution < -0.4 is 25.0 Å². The van der Waals surface area contributed by atoms with Gasteiger partial charge in [-0.3, -0.25) is 5.43 Å². The minimum absolute atomic E-state index is 0.172. The summed E-state index contributed by atoms with van der Waals surface area (Å²) < 4.78 is 30.0. The number of benzene rings is 2. The third-order valence-corrected chi connectivity index (χ3v) is 3.55. The first-order valence-corrected chi connectivity index (χ1v) is 7.90. The Kier molecular flexibility index (Phi) is 5.30. The van der Waals surface area contributed by atoms with Crippen LogP contribution in [0.1, 0.15) is 5.56 Å². The van der Waals surface area contributed by atoms with E-state index < -0.39 is 5.82 Å². The number of nitrogens with one attached hydrogen (secondary N) is 2. The largest absolute Gasteiger partial charge is 0.493 e. The van der Waals surface area contributed by atoms with E-state index in [9.17, 15) is 4.39 Å². The molecular formula is C17H16FN3O3S. The van der Waals surface area contributed by atoms with Crippen LogP contribution in [0.3, 0.4) is 0 Å². The van der Waals surface area contributed by atoms with E-state index in [1.807, 2.05) is 0 Å². The molecule has 2 aromatic rings. The second-order valence-corrected chi connectivity index (χ2v) is 5.46. The normalized spacial score (nSPS) is 12.7. The van der Waals surface area contributed by atoms with Gasteiger partial charge < -0.3 is 19.5 Å². The predicted molar refractivity (Wildman–Crippen MR) is 97.3 cm³/mol. The number of rotatable bonds is 4. The van der Waals surface area contributed by atoms with Crippen molar-refractivity contribution in [2.45, 2.75) is 0 Å². The number of ether oxygens (including phenoxy) is 3. The molecule has 0 amide bonds. The average molecular weight is 361 g/mol. The minimum atomic E-state index is -0.396. The van der Waals surface area contributed by atoms with Crippen molar-refractivity contribution in [3.8, 4) is 17.2 Å². The highest BCUT2D eigenvalue weighted by Crippen LogP contribution is 2.39. The van der Waals surface area contributed by atoms with Crippen molar-refractivity contribution in [2.24, 2.45) is 5.10 Å². The maximum absolute atomic E-state index is 13.6. The van der Waals surface area contributed by atoms with Crippen LogP contribution in [0.5, 0.6) is 17.2 Å². The lowest BCUT2D eigenvalue weighted by atomic mass is 10.2. The fourth-order valence-corrected chi connectivity index (χ4v) is 2.41. The van der Waals surface area contributed by atoms with Gasteiger partial charge in [-0.05, 0) is 36.5 Å². The molecule has 0 saturated heterocycles. The molecule has 2 aromatic carbocycles. The molecule has 0 saturated carbocycles. The van der Waals surface area contributed by atoms with Gasteiger partial charge in [-0.25, -0.2) is 4.39 Å². The fraction of sp³-hybridized carbons (Fsp3) is 0.176. The van der Waals surface area contributed by atoms with Crippen molar-refractivity contribution < 1.29 is 18.6 Å². The lowest BCUT2D eigenvalue weighted by Gasteiger charge is -2.20. The molecule has 0 bridgehead atoms. The van der Waals surface area contributed by atoms with Crippen LogP contribution in [-0.4, -0.2) is 31.7 Å². The van der Waals surface area contributed by atoms with Gasteiger partial charge in [-0.2, -0.15) is 5.10 Å². The van der Waals surface area contributed by atoms with Crippen molar-refractivity contribution in [3.05, 3.63) is 47.8 Å². The number of hydrogen-bond acceptors (Lipinski definition) is 5. The molecule has 0 fully saturated rings. The van der Waals surface area contributed by atoms with Crippen molar-refractivity contribution in [3.63, 3.8) is 0 Å². The Balaban J connectivity index is 1.66. The molecule has 1 heterocycles. The number of hydrazone groups is 1. The molecule has 0 atom stereocenters. The Morgan fingerprint density at radius 2 is 2.08 bits per heavy atom. The number of anilines is 1. The average Bonchev–Trinajstić information content (AvgIpc) is 2.63. The van der Waals surface area contributed by atoms with E-state index in [1.165, 1.54) is 6.07 Å². The van der Waals surface area contributed by atoms with Gasteiger partial charge in [0.15, 0.2) is 16.6 Å². The molecular weight excluding hydrogens is 345 g/mol. The van der Waals surface area contributed by atoms with Crippen LogP contribution in [0.2, 0.25) is 0 Å². The van der Waals surface area contributed by atoms with Crippen LogP contribution in [0.15, 0.2) is 41.5 Å². The molecule has 2 N–H and O–H groups in total. The van der Waals surface area contributed by atoms with Crippen molar-refractivity contribution in [1.82, 2.24) is 5.43 Å². The quantitative estimate of drug-likeness (QED) is 0.496. The summed E-state index contributed by atoms with van der Waals surface area (Å²) in [6.07, 6.45) is 1.55. The lowest BCUT2D eigenvalue weighted by molar-refractivity contribution is 0.165. The molecule has 6 nitrogen and oxygen atoms in total. The Labute approximate surface area is 149 Å². The number of nitrogens with zero attached hydrogens (tertiary/aromatic N) is 1. The van der Waals surface area contributed by atoms with Gasteiger partial charge in [-0.15, -0.1) is 0 Å². The Morgan fingerprint density at radius 3 is 2.88 bits per heavy atom. The van der Waals surface area contributed by atoms with Gasteiger partial charge in [-0.1, -0.05) is 12.1 Å². The van der Waals surface area contributed by atoms with E-state index in [1.54, 1.807) is 43.7 Å². The Bertz CT molecular complexity index is 796. The maximum Gasteiger partial charge on any atom is 0.203 e. The summed E-state index contributed by atoms with van der Waals surface area (Å²) in [5.74, 6) is 1.34. The van der Waals surface area contributed by atoms with Crippen LogP contribution in [-0.2, 0) is 0 Å². The van der Waals surface area contributed by atoms with Crippen LogP contribution >= 0.6 is 12.2 Å². The van der Waals surface area contributed by atoms with Crippen molar-refractivity contribution in [2.75, 3.05) is 25.6 Å². The molecule has 25 heavy (non-hydrogen) atoms. The number of thiocarbonyl (C=S) groups is 1. The van der Waals surface area contributed by atoms with Gasteiger partial charge in [0, 0.05) is 5.56 Å². The molecule has 0 spiro atoms. The Hall–Kier alpha value is -2.87. The molecule has 1 aliphatic rings. The number of fused-ring (bicyclic) bond motifs is 1. The summed E-state index contributed by atoms with van der Waals surface area (Å²) in [7, 11) is 1.56. The van der Waals surface area contributed by atoms with Crippen molar-refractivity contribution in [1.29, 1.82) is 0 Å². The molecule has 0 unspecified atom stereocenters. The van der Waals surface area contributed by atoms with Crippen LogP contribution in [0, 0.1) is 5.82 Å². The zero-order chi connectivity index (χ0) is 17.6. The van der Waals surface area contributed by atoms with Crippen LogP contribution in [0.4, 0.5) is 10.1 Å². The van der Waals surface area contributed by atoms with E-state index in [-0.39, 0.29) is 10.8 Å². The van der Waals surface area contributed by atoms with E-state index in [0.29, 0.717) is 30.5 Å². The number of hydrogen-bond donors (Lipinski definition) is 2. The number of para-hydroxylation sites is 1.